The second kappa shape index (κ2) is 5.19. The number of hydrogen-bond donors (Lipinski definition) is 0. The predicted octanol–water partition coefficient (Wildman–Crippen LogP) is 2.68. The quantitative estimate of drug-likeness (QED) is 0.476. The van der Waals surface area contributed by atoms with Crippen molar-refractivity contribution in [2.45, 2.75) is 11.8 Å². The van der Waals surface area contributed by atoms with E-state index in [0.29, 0.717) is 0 Å². The van der Waals surface area contributed by atoms with Gasteiger partial charge in [0.25, 0.3) is 14.7 Å². The first kappa shape index (κ1) is 14.2. The Hall–Kier alpha value is -0.860. The highest BCUT2D eigenvalue weighted by atomic mass is 79.9. The van der Waals surface area contributed by atoms with Crippen LogP contribution in [-0.2, 0) is 9.05 Å². The fourth-order valence-electron chi connectivity index (χ4n) is 1.10. The molecule has 0 amide bonds. The Kier molecular flexibility index (Phi) is 4.34. The van der Waals surface area contributed by atoms with E-state index in [9.17, 15) is 18.5 Å². The van der Waals surface area contributed by atoms with Crippen LogP contribution in [0.5, 0.6) is 5.75 Å². The molecule has 0 unspecified atom stereocenters. The number of nitro benzene ring substituents is 1. The lowest BCUT2D eigenvalue weighted by Crippen LogP contribution is -2.00. The molecule has 1 rings (SSSR count). The van der Waals surface area contributed by atoms with Gasteiger partial charge in [0.2, 0.25) is 0 Å². The van der Waals surface area contributed by atoms with E-state index in [1.165, 1.54) is 0 Å². The Morgan fingerprint density at radius 3 is 2.53 bits per heavy atom. The van der Waals surface area contributed by atoms with Crippen LogP contribution in [0, 0.1) is 10.1 Å². The molecule has 0 spiro atoms. The second-order valence-electron chi connectivity index (χ2n) is 2.88. The summed E-state index contributed by atoms with van der Waals surface area (Å²) in [5.41, 5.74) is -0.407. The van der Waals surface area contributed by atoms with Gasteiger partial charge in [0.05, 0.1) is 22.1 Å². The molecule has 0 fully saturated rings. The van der Waals surface area contributed by atoms with Crippen LogP contribution < -0.4 is 4.74 Å². The molecule has 1 aromatic rings. The SMILES string of the molecule is CCOc1cc([N+](=O)[O-])cc(S(=O)(=O)Cl)c1Br. The predicted molar refractivity (Wildman–Crippen MR) is 65.0 cm³/mol. The van der Waals surface area contributed by atoms with Crippen molar-refractivity contribution in [3.05, 3.63) is 26.7 Å². The van der Waals surface area contributed by atoms with Crippen molar-refractivity contribution in [3.8, 4) is 5.75 Å². The number of benzene rings is 1. The Bertz CT molecular complexity index is 559. The highest BCUT2D eigenvalue weighted by Gasteiger charge is 2.23. The minimum absolute atomic E-state index is 0.0564. The van der Waals surface area contributed by atoms with Crippen molar-refractivity contribution in [3.63, 3.8) is 0 Å². The maximum absolute atomic E-state index is 11.2. The lowest BCUT2D eigenvalue weighted by Gasteiger charge is -2.08. The molecule has 9 heteroatoms. The van der Waals surface area contributed by atoms with E-state index in [1.54, 1.807) is 6.92 Å². The topological polar surface area (TPSA) is 86.5 Å². The molecule has 0 saturated carbocycles. The largest absolute Gasteiger partial charge is 0.492 e. The summed E-state index contributed by atoms with van der Waals surface area (Å²) >= 11 is 2.99. The summed E-state index contributed by atoms with van der Waals surface area (Å²) in [4.78, 5) is 9.53. The van der Waals surface area contributed by atoms with E-state index in [-0.39, 0.29) is 16.8 Å². The minimum atomic E-state index is -4.09. The van der Waals surface area contributed by atoms with Gasteiger partial charge in [-0.2, -0.15) is 0 Å². The van der Waals surface area contributed by atoms with Crippen LogP contribution in [0.25, 0.3) is 0 Å². The van der Waals surface area contributed by atoms with E-state index in [2.05, 4.69) is 15.9 Å². The molecule has 0 bridgehead atoms. The van der Waals surface area contributed by atoms with E-state index >= 15 is 0 Å². The minimum Gasteiger partial charge on any atom is -0.492 e. The van der Waals surface area contributed by atoms with Crippen LogP contribution >= 0.6 is 26.6 Å². The summed E-state index contributed by atoms with van der Waals surface area (Å²) in [5.74, 6) is 0.0564. The maximum atomic E-state index is 11.2. The van der Waals surface area contributed by atoms with Crippen molar-refractivity contribution < 1.29 is 18.1 Å². The Labute approximate surface area is 110 Å². The van der Waals surface area contributed by atoms with E-state index in [4.69, 9.17) is 15.4 Å². The van der Waals surface area contributed by atoms with E-state index in [1.807, 2.05) is 0 Å². The van der Waals surface area contributed by atoms with Crippen molar-refractivity contribution >= 4 is 41.4 Å². The van der Waals surface area contributed by atoms with Crippen molar-refractivity contribution in [1.29, 1.82) is 0 Å². The van der Waals surface area contributed by atoms with Crippen LogP contribution in [0.3, 0.4) is 0 Å². The van der Waals surface area contributed by atoms with Gasteiger partial charge in [0.15, 0.2) is 0 Å². The number of ether oxygens (including phenoxy) is 1. The Balaban J connectivity index is 3.54. The highest BCUT2D eigenvalue weighted by Crippen LogP contribution is 2.37. The zero-order valence-corrected chi connectivity index (χ0v) is 11.7. The summed E-state index contributed by atoms with van der Waals surface area (Å²) in [6.45, 7) is 1.90. The summed E-state index contributed by atoms with van der Waals surface area (Å²) < 4.78 is 27.6. The number of nitrogens with zero attached hydrogens (tertiary/aromatic N) is 1. The average Bonchev–Trinajstić information content (AvgIpc) is 2.19. The fraction of sp³-hybridized carbons (Fsp3) is 0.250. The third kappa shape index (κ3) is 3.30. The molecule has 94 valence electrons. The molecule has 0 aliphatic heterocycles. The monoisotopic (exact) mass is 343 g/mol. The first-order valence-corrected chi connectivity index (χ1v) is 7.43. The van der Waals surface area contributed by atoms with Crippen molar-refractivity contribution in [2.75, 3.05) is 6.61 Å². The van der Waals surface area contributed by atoms with Gasteiger partial charge < -0.3 is 4.74 Å². The van der Waals surface area contributed by atoms with Gasteiger partial charge >= 0.3 is 0 Å². The molecule has 0 atom stereocenters. The molecular weight excluding hydrogens is 338 g/mol. The summed E-state index contributed by atoms with van der Waals surface area (Å²) in [6.07, 6.45) is 0. The molecule has 0 aliphatic carbocycles. The summed E-state index contributed by atoms with van der Waals surface area (Å²) in [6, 6.07) is 1.99. The molecule has 0 aliphatic rings. The molecule has 0 heterocycles. The van der Waals surface area contributed by atoms with Gasteiger partial charge in [-0.15, -0.1) is 0 Å². The molecule has 6 nitrogen and oxygen atoms in total. The standard InChI is InChI=1S/C8H7BrClNO5S/c1-2-16-6-3-5(11(12)13)4-7(8(6)9)17(10,14)15/h3-4H,2H2,1H3. The highest BCUT2D eigenvalue weighted by molar-refractivity contribution is 9.10. The normalized spacial score (nSPS) is 11.2. The van der Waals surface area contributed by atoms with Crippen molar-refractivity contribution in [2.24, 2.45) is 0 Å². The molecule has 0 aromatic heterocycles. The van der Waals surface area contributed by atoms with Gasteiger partial charge in [-0.05, 0) is 22.9 Å². The van der Waals surface area contributed by atoms with Crippen molar-refractivity contribution in [1.82, 2.24) is 0 Å². The molecule has 0 N–H and O–H groups in total. The second-order valence-corrected chi connectivity index (χ2v) is 6.21. The Morgan fingerprint density at radius 2 is 2.12 bits per heavy atom. The first-order chi connectivity index (χ1) is 7.77. The van der Waals surface area contributed by atoms with Crippen LogP contribution in [-0.4, -0.2) is 19.9 Å². The summed E-state index contributed by atoms with van der Waals surface area (Å²) in [5, 5.41) is 10.6. The maximum Gasteiger partial charge on any atom is 0.274 e. The zero-order valence-electron chi connectivity index (χ0n) is 8.51. The Morgan fingerprint density at radius 1 is 1.53 bits per heavy atom. The summed E-state index contributed by atoms with van der Waals surface area (Å²) in [7, 11) is 1.09. The van der Waals surface area contributed by atoms with Crippen LogP contribution in [0.15, 0.2) is 21.5 Å². The van der Waals surface area contributed by atoms with E-state index in [0.717, 1.165) is 12.1 Å². The molecule has 17 heavy (non-hydrogen) atoms. The van der Waals surface area contributed by atoms with E-state index < -0.39 is 24.6 Å². The van der Waals surface area contributed by atoms with Crippen LogP contribution in [0.4, 0.5) is 5.69 Å². The van der Waals surface area contributed by atoms with Gasteiger partial charge in [0.1, 0.15) is 10.6 Å². The van der Waals surface area contributed by atoms with Crippen LogP contribution in [0.1, 0.15) is 6.92 Å². The number of halogens is 2. The third-order valence-electron chi connectivity index (χ3n) is 1.76. The number of non-ortho nitro benzene ring substituents is 1. The average molecular weight is 345 g/mol. The number of nitro groups is 1. The zero-order chi connectivity index (χ0) is 13.2. The number of hydrogen-bond acceptors (Lipinski definition) is 5. The fourth-order valence-corrected chi connectivity index (χ4v) is 3.31. The molecule has 1 aromatic carbocycles. The van der Waals surface area contributed by atoms with Gasteiger partial charge in [0, 0.05) is 16.7 Å². The molecular formula is C8H7BrClNO5S. The smallest absolute Gasteiger partial charge is 0.274 e. The van der Waals surface area contributed by atoms with Crippen LogP contribution in [0.2, 0.25) is 0 Å². The lowest BCUT2D eigenvalue weighted by atomic mass is 10.3. The number of rotatable bonds is 4. The third-order valence-corrected chi connectivity index (χ3v) is 4.19. The van der Waals surface area contributed by atoms with Gasteiger partial charge in [-0.25, -0.2) is 8.42 Å². The molecule has 0 radical (unpaired) electrons. The van der Waals surface area contributed by atoms with Gasteiger partial charge in [-0.3, -0.25) is 10.1 Å². The van der Waals surface area contributed by atoms with Gasteiger partial charge in [-0.1, -0.05) is 0 Å². The first-order valence-electron chi connectivity index (χ1n) is 4.32. The molecule has 0 saturated heterocycles. The lowest BCUT2D eigenvalue weighted by molar-refractivity contribution is -0.385.